The van der Waals surface area contributed by atoms with E-state index in [1.54, 1.807) is 0 Å². The van der Waals surface area contributed by atoms with E-state index >= 15 is 0 Å². The highest BCUT2D eigenvalue weighted by Gasteiger charge is 2.42. The summed E-state index contributed by atoms with van der Waals surface area (Å²) in [5.41, 5.74) is 6.12. The lowest BCUT2D eigenvalue weighted by Gasteiger charge is -2.18. The number of carbonyl (C=O) groups excluding carboxylic acids is 1. The first-order valence-electron chi connectivity index (χ1n) is 8.06. The van der Waals surface area contributed by atoms with E-state index in [9.17, 15) is 4.79 Å². The Labute approximate surface area is 140 Å². The predicted octanol–water partition coefficient (Wildman–Crippen LogP) is 2.80. The Bertz CT molecular complexity index is 537. The molecule has 120 valence electrons. The lowest BCUT2D eigenvalue weighted by Crippen LogP contribution is -2.33. The van der Waals surface area contributed by atoms with Gasteiger partial charge in [-0.25, -0.2) is 0 Å². The largest absolute Gasteiger partial charge is 0.492 e. The number of amides is 1. The first-order chi connectivity index (χ1) is 10.6. The van der Waals surface area contributed by atoms with Crippen molar-refractivity contribution >= 4 is 21.8 Å². The molecule has 1 amide bonds. The second-order valence-corrected chi connectivity index (χ2v) is 7.20. The average Bonchev–Trinajstić information content (AvgIpc) is 3.08. The van der Waals surface area contributed by atoms with Gasteiger partial charge < -0.3 is 15.4 Å². The van der Waals surface area contributed by atoms with Crippen molar-refractivity contribution in [3.8, 4) is 5.75 Å². The van der Waals surface area contributed by atoms with E-state index in [2.05, 4.69) is 15.9 Å². The number of carbonyl (C=O) groups is 1. The second kappa shape index (κ2) is 7.01. The molecule has 1 aliphatic carbocycles. The highest BCUT2D eigenvalue weighted by molar-refractivity contribution is 9.10. The summed E-state index contributed by atoms with van der Waals surface area (Å²) >= 11 is 3.45. The second-order valence-electron chi connectivity index (χ2n) is 6.35. The van der Waals surface area contributed by atoms with Gasteiger partial charge in [0, 0.05) is 25.6 Å². The van der Waals surface area contributed by atoms with Crippen LogP contribution in [-0.4, -0.2) is 36.5 Å². The molecule has 4 nitrogen and oxygen atoms in total. The first-order valence-corrected chi connectivity index (χ1v) is 8.85. The third-order valence-electron chi connectivity index (χ3n) is 4.89. The van der Waals surface area contributed by atoms with Gasteiger partial charge in [-0.15, -0.1) is 0 Å². The van der Waals surface area contributed by atoms with Gasteiger partial charge in [0.1, 0.15) is 5.75 Å². The fourth-order valence-corrected chi connectivity index (χ4v) is 4.04. The Morgan fingerprint density at radius 3 is 2.91 bits per heavy atom. The van der Waals surface area contributed by atoms with Crippen molar-refractivity contribution in [2.75, 3.05) is 19.7 Å². The van der Waals surface area contributed by atoms with Crippen LogP contribution in [0.2, 0.25) is 0 Å². The number of likely N-dealkylation sites (tertiary alicyclic amines) is 1. The van der Waals surface area contributed by atoms with Crippen LogP contribution in [0.5, 0.6) is 5.75 Å². The number of nitrogens with two attached hydrogens (primary N) is 1. The minimum Gasteiger partial charge on any atom is -0.492 e. The molecule has 1 heterocycles. The van der Waals surface area contributed by atoms with Crippen LogP contribution in [0.15, 0.2) is 28.7 Å². The molecule has 2 aliphatic rings. The van der Waals surface area contributed by atoms with E-state index in [1.807, 2.05) is 29.2 Å². The summed E-state index contributed by atoms with van der Waals surface area (Å²) in [6, 6.07) is 8.07. The summed E-state index contributed by atoms with van der Waals surface area (Å²) in [4.78, 5) is 14.3. The van der Waals surface area contributed by atoms with Gasteiger partial charge >= 0.3 is 0 Å². The maximum Gasteiger partial charge on any atom is 0.222 e. The Hall–Kier alpha value is -1.07. The average molecular weight is 367 g/mol. The summed E-state index contributed by atoms with van der Waals surface area (Å²) in [5.74, 6) is 2.24. The van der Waals surface area contributed by atoms with Gasteiger partial charge in [-0.2, -0.15) is 0 Å². The molecule has 3 atom stereocenters. The third-order valence-corrected chi connectivity index (χ3v) is 5.55. The molecular formula is C17H23BrN2O2. The number of rotatable bonds is 5. The number of benzene rings is 1. The van der Waals surface area contributed by atoms with Gasteiger partial charge in [0.05, 0.1) is 11.1 Å². The van der Waals surface area contributed by atoms with Crippen LogP contribution >= 0.6 is 15.9 Å². The Kier molecular flexibility index (Phi) is 5.03. The van der Waals surface area contributed by atoms with E-state index in [0.29, 0.717) is 30.9 Å². The van der Waals surface area contributed by atoms with Crippen LogP contribution in [0.25, 0.3) is 0 Å². The predicted molar refractivity (Wildman–Crippen MR) is 89.6 cm³/mol. The molecule has 1 aliphatic heterocycles. The van der Waals surface area contributed by atoms with Crippen molar-refractivity contribution in [2.24, 2.45) is 17.6 Å². The van der Waals surface area contributed by atoms with Gasteiger partial charge in [0.2, 0.25) is 5.91 Å². The monoisotopic (exact) mass is 366 g/mol. The Morgan fingerprint density at radius 1 is 1.32 bits per heavy atom. The molecule has 1 saturated carbocycles. The third kappa shape index (κ3) is 3.46. The zero-order valence-electron chi connectivity index (χ0n) is 12.7. The zero-order chi connectivity index (χ0) is 15.5. The molecule has 3 rings (SSSR count). The molecule has 22 heavy (non-hydrogen) atoms. The van der Waals surface area contributed by atoms with Crippen LogP contribution in [0.3, 0.4) is 0 Å². The van der Waals surface area contributed by atoms with Crippen molar-refractivity contribution in [1.82, 2.24) is 4.90 Å². The van der Waals surface area contributed by atoms with Gasteiger partial charge in [-0.05, 0) is 59.2 Å². The van der Waals surface area contributed by atoms with Crippen molar-refractivity contribution in [3.63, 3.8) is 0 Å². The quantitative estimate of drug-likeness (QED) is 0.815. The highest BCUT2D eigenvalue weighted by Crippen LogP contribution is 2.37. The molecule has 2 fully saturated rings. The van der Waals surface area contributed by atoms with Crippen LogP contribution in [-0.2, 0) is 4.79 Å². The van der Waals surface area contributed by atoms with E-state index in [0.717, 1.165) is 36.2 Å². The molecule has 1 aromatic rings. The summed E-state index contributed by atoms with van der Waals surface area (Å²) in [6.07, 6.45) is 3.61. The molecule has 3 unspecified atom stereocenters. The van der Waals surface area contributed by atoms with Crippen molar-refractivity contribution in [2.45, 2.75) is 31.7 Å². The number of halogens is 1. The zero-order valence-corrected chi connectivity index (χ0v) is 14.3. The molecule has 0 aromatic heterocycles. The summed E-state index contributed by atoms with van der Waals surface area (Å²) in [5, 5.41) is 0. The van der Waals surface area contributed by atoms with E-state index < -0.39 is 0 Å². The fourth-order valence-electron chi connectivity index (χ4n) is 3.64. The number of fused-ring (bicyclic) bond motifs is 1. The van der Waals surface area contributed by atoms with Crippen LogP contribution < -0.4 is 10.5 Å². The molecule has 2 N–H and O–H groups in total. The van der Waals surface area contributed by atoms with E-state index in [1.165, 1.54) is 6.42 Å². The van der Waals surface area contributed by atoms with E-state index in [4.69, 9.17) is 10.5 Å². The Balaban J connectivity index is 1.39. The highest BCUT2D eigenvalue weighted by atomic mass is 79.9. The summed E-state index contributed by atoms with van der Waals surface area (Å²) in [6.45, 7) is 2.33. The van der Waals surface area contributed by atoms with Gasteiger partial charge in [-0.1, -0.05) is 12.1 Å². The molecule has 0 bridgehead atoms. The maximum absolute atomic E-state index is 12.3. The number of para-hydroxylation sites is 1. The van der Waals surface area contributed by atoms with Gasteiger partial charge in [-0.3, -0.25) is 4.79 Å². The number of ether oxygens (including phenoxy) is 1. The molecule has 5 heteroatoms. The molecule has 1 saturated heterocycles. The topological polar surface area (TPSA) is 55.6 Å². The number of hydrogen-bond donors (Lipinski definition) is 1. The molecular weight excluding hydrogens is 344 g/mol. The molecule has 0 radical (unpaired) electrons. The van der Waals surface area contributed by atoms with Crippen LogP contribution in [0.1, 0.15) is 25.7 Å². The normalized spacial score (nSPS) is 27.0. The first kappa shape index (κ1) is 15.8. The summed E-state index contributed by atoms with van der Waals surface area (Å²) < 4.78 is 6.65. The van der Waals surface area contributed by atoms with Crippen LogP contribution in [0.4, 0.5) is 0 Å². The number of hydrogen-bond acceptors (Lipinski definition) is 3. The lowest BCUT2D eigenvalue weighted by molar-refractivity contribution is -0.130. The van der Waals surface area contributed by atoms with Gasteiger partial charge in [0.15, 0.2) is 0 Å². The maximum atomic E-state index is 12.3. The van der Waals surface area contributed by atoms with E-state index in [-0.39, 0.29) is 5.91 Å². The smallest absolute Gasteiger partial charge is 0.222 e. The van der Waals surface area contributed by atoms with Crippen molar-refractivity contribution in [3.05, 3.63) is 28.7 Å². The van der Waals surface area contributed by atoms with Gasteiger partial charge in [0.25, 0.3) is 0 Å². The van der Waals surface area contributed by atoms with Crippen molar-refractivity contribution < 1.29 is 9.53 Å². The Morgan fingerprint density at radius 2 is 2.14 bits per heavy atom. The number of nitrogens with zero attached hydrogens (tertiary/aromatic N) is 1. The standard InChI is InChI=1S/C17H23BrN2O2/c18-14-4-1-2-5-16(14)22-9-3-6-17(21)20-10-12-7-8-15(19)13(12)11-20/h1-2,4-5,12-13,15H,3,6-11,19H2. The fraction of sp³-hybridized carbons (Fsp3) is 0.588. The molecule has 0 spiro atoms. The lowest BCUT2D eigenvalue weighted by atomic mass is 9.98. The minimum absolute atomic E-state index is 0.248. The SMILES string of the molecule is NC1CCC2CN(C(=O)CCCOc3ccccc3Br)CC12. The summed E-state index contributed by atoms with van der Waals surface area (Å²) in [7, 11) is 0. The minimum atomic E-state index is 0.248. The van der Waals surface area contributed by atoms with Crippen LogP contribution in [0, 0.1) is 11.8 Å². The van der Waals surface area contributed by atoms with Crippen molar-refractivity contribution in [1.29, 1.82) is 0 Å². The molecule has 1 aromatic carbocycles.